The molecule has 2 aromatic rings. The number of hydrogen-bond acceptors (Lipinski definition) is 7. The molecule has 0 aromatic carbocycles. The van der Waals surface area contributed by atoms with E-state index in [1.165, 1.54) is 5.56 Å². The SMILES string of the molecule is CC(=C(/N)C#N)/C(C)=C(\N)N1CCc2ncc(-c3cncs3)cc2C1. The smallest absolute Gasteiger partial charge is 0.117 e. The number of aromatic nitrogens is 2. The highest BCUT2D eigenvalue weighted by atomic mass is 32.1. The van der Waals surface area contributed by atoms with E-state index in [4.69, 9.17) is 16.7 Å². The second kappa shape index (κ2) is 6.95. The number of nitriles is 1. The van der Waals surface area contributed by atoms with Gasteiger partial charge in [0.15, 0.2) is 0 Å². The van der Waals surface area contributed by atoms with Gasteiger partial charge < -0.3 is 16.4 Å². The molecule has 0 aliphatic carbocycles. The summed E-state index contributed by atoms with van der Waals surface area (Å²) in [5, 5.41) is 8.98. The Morgan fingerprint density at radius 3 is 2.76 bits per heavy atom. The fourth-order valence-corrected chi connectivity index (χ4v) is 3.44. The highest BCUT2D eigenvalue weighted by molar-refractivity contribution is 7.13. The van der Waals surface area contributed by atoms with Crippen molar-refractivity contribution in [2.24, 2.45) is 11.5 Å². The molecular formula is C18H20N6S. The first-order valence-corrected chi connectivity index (χ1v) is 8.84. The molecule has 6 nitrogen and oxygen atoms in total. The lowest BCUT2D eigenvalue weighted by Crippen LogP contribution is -2.34. The molecule has 0 fully saturated rings. The lowest BCUT2D eigenvalue weighted by Gasteiger charge is -2.31. The van der Waals surface area contributed by atoms with E-state index in [1.54, 1.807) is 11.3 Å². The zero-order valence-corrected chi connectivity index (χ0v) is 15.1. The van der Waals surface area contributed by atoms with Gasteiger partial charge in [0.1, 0.15) is 17.6 Å². The summed E-state index contributed by atoms with van der Waals surface area (Å²) in [6.45, 7) is 5.21. The first kappa shape index (κ1) is 17.0. The maximum atomic E-state index is 8.98. The maximum Gasteiger partial charge on any atom is 0.117 e. The minimum atomic E-state index is 0.201. The number of allylic oxidation sites excluding steroid dienone is 3. The van der Waals surface area contributed by atoms with Crippen LogP contribution in [0.3, 0.4) is 0 Å². The molecule has 0 unspecified atom stereocenters. The van der Waals surface area contributed by atoms with Gasteiger partial charge in [-0.2, -0.15) is 5.26 Å². The van der Waals surface area contributed by atoms with Crippen LogP contribution in [0.15, 0.2) is 46.6 Å². The van der Waals surface area contributed by atoms with E-state index in [0.717, 1.165) is 40.2 Å². The van der Waals surface area contributed by atoms with E-state index in [-0.39, 0.29) is 5.70 Å². The molecule has 0 saturated carbocycles. The molecule has 3 rings (SSSR count). The summed E-state index contributed by atoms with van der Waals surface area (Å²) in [7, 11) is 0. The third kappa shape index (κ3) is 3.35. The van der Waals surface area contributed by atoms with Crippen LogP contribution in [0.4, 0.5) is 0 Å². The molecule has 0 bridgehead atoms. The van der Waals surface area contributed by atoms with Crippen molar-refractivity contribution < 1.29 is 0 Å². The largest absolute Gasteiger partial charge is 0.390 e. The maximum absolute atomic E-state index is 8.98. The Kier molecular flexibility index (Phi) is 4.72. The number of nitrogens with two attached hydrogens (primary N) is 2. The van der Waals surface area contributed by atoms with E-state index >= 15 is 0 Å². The second-order valence-corrected chi connectivity index (χ2v) is 6.91. The Morgan fingerprint density at radius 1 is 1.28 bits per heavy atom. The van der Waals surface area contributed by atoms with Crippen molar-refractivity contribution in [2.45, 2.75) is 26.8 Å². The molecule has 4 N–H and O–H groups in total. The van der Waals surface area contributed by atoms with Crippen LogP contribution in [0.1, 0.15) is 25.1 Å². The molecule has 1 aliphatic rings. The summed E-state index contributed by atoms with van der Waals surface area (Å²) in [4.78, 5) is 12.0. The van der Waals surface area contributed by atoms with E-state index in [2.05, 4.69) is 20.9 Å². The van der Waals surface area contributed by atoms with Crippen molar-refractivity contribution in [3.8, 4) is 16.5 Å². The van der Waals surface area contributed by atoms with E-state index in [9.17, 15) is 0 Å². The van der Waals surface area contributed by atoms with Gasteiger partial charge >= 0.3 is 0 Å². The summed E-state index contributed by atoms with van der Waals surface area (Å²) in [5.74, 6) is 0.657. The normalized spacial score (nSPS) is 15.8. The first-order valence-electron chi connectivity index (χ1n) is 7.96. The highest BCUT2D eigenvalue weighted by Gasteiger charge is 2.20. The summed E-state index contributed by atoms with van der Waals surface area (Å²) in [6.07, 6.45) is 4.60. The number of rotatable bonds is 3. The van der Waals surface area contributed by atoms with Crippen molar-refractivity contribution >= 4 is 11.3 Å². The Balaban J connectivity index is 1.90. The molecule has 0 atom stereocenters. The van der Waals surface area contributed by atoms with Gasteiger partial charge in [0.2, 0.25) is 0 Å². The topological polar surface area (TPSA) is 105 Å². The van der Waals surface area contributed by atoms with Gasteiger partial charge in [-0.15, -0.1) is 11.3 Å². The standard InChI is InChI=1S/C18H20N6S/c1-11(15(20)6-19)12(2)18(21)24-4-3-16-14(9-24)5-13(7-23-16)17-8-22-10-25-17/h5,7-8,10H,3-4,9,20-21H2,1-2H3/b15-11-,18-12+. The quantitative estimate of drug-likeness (QED) is 0.649. The van der Waals surface area contributed by atoms with Crippen LogP contribution < -0.4 is 11.5 Å². The third-order valence-electron chi connectivity index (χ3n) is 4.57. The zero-order chi connectivity index (χ0) is 18.0. The predicted molar refractivity (Wildman–Crippen MR) is 98.8 cm³/mol. The summed E-state index contributed by atoms with van der Waals surface area (Å²) in [5.41, 5.74) is 19.0. The van der Waals surface area contributed by atoms with E-state index < -0.39 is 0 Å². The number of fused-ring (bicyclic) bond motifs is 1. The van der Waals surface area contributed by atoms with Crippen molar-refractivity contribution in [3.05, 3.63) is 57.9 Å². The van der Waals surface area contributed by atoms with Crippen LogP contribution in [0, 0.1) is 11.3 Å². The van der Waals surface area contributed by atoms with Gasteiger partial charge in [-0.3, -0.25) is 9.97 Å². The lowest BCUT2D eigenvalue weighted by atomic mass is 10.0. The lowest BCUT2D eigenvalue weighted by molar-refractivity contribution is 0.313. The average Bonchev–Trinajstić information content (AvgIpc) is 3.19. The molecule has 3 heterocycles. The highest BCUT2D eigenvalue weighted by Crippen LogP contribution is 2.28. The number of nitrogens with zero attached hydrogens (tertiary/aromatic N) is 4. The van der Waals surface area contributed by atoms with Gasteiger partial charge in [0, 0.05) is 43.2 Å². The molecule has 25 heavy (non-hydrogen) atoms. The third-order valence-corrected chi connectivity index (χ3v) is 5.39. The van der Waals surface area contributed by atoms with Crippen molar-refractivity contribution in [3.63, 3.8) is 0 Å². The Hall–Kier alpha value is -2.85. The monoisotopic (exact) mass is 352 g/mol. The molecule has 7 heteroatoms. The van der Waals surface area contributed by atoms with Gasteiger partial charge in [-0.05, 0) is 36.6 Å². The van der Waals surface area contributed by atoms with Crippen molar-refractivity contribution in [1.82, 2.24) is 14.9 Å². The average molecular weight is 352 g/mol. The molecule has 0 spiro atoms. The Labute approximate surface area is 151 Å². The van der Waals surface area contributed by atoms with Crippen LogP contribution >= 0.6 is 11.3 Å². The first-order chi connectivity index (χ1) is 12.0. The van der Waals surface area contributed by atoms with Crippen LogP contribution in [0.25, 0.3) is 10.4 Å². The van der Waals surface area contributed by atoms with Crippen molar-refractivity contribution in [1.29, 1.82) is 5.26 Å². The van der Waals surface area contributed by atoms with E-state index in [1.807, 2.05) is 37.8 Å². The van der Waals surface area contributed by atoms with Crippen molar-refractivity contribution in [2.75, 3.05) is 6.54 Å². The molecular weight excluding hydrogens is 332 g/mol. The Morgan fingerprint density at radius 2 is 2.08 bits per heavy atom. The molecule has 0 saturated heterocycles. The zero-order valence-electron chi connectivity index (χ0n) is 14.3. The minimum Gasteiger partial charge on any atom is -0.390 e. The molecule has 1 aliphatic heterocycles. The van der Waals surface area contributed by atoms with Crippen LogP contribution in [-0.2, 0) is 13.0 Å². The molecule has 0 radical (unpaired) electrons. The number of pyridine rings is 1. The van der Waals surface area contributed by atoms with Gasteiger partial charge in [0.25, 0.3) is 0 Å². The van der Waals surface area contributed by atoms with Gasteiger partial charge in [-0.25, -0.2) is 0 Å². The summed E-state index contributed by atoms with van der Waals surface area (Å²) >= 11 is 1.60. The fraction of sp³-hybridized carbons (Fsp3) is 0.278. The minimum absolute atomic E-state index is 0.201. The molecule has 0 amide bonds. The van der Waals surface area contributed by atoms with Gasteiger partial charge in [0.05, 0.1) is 10.4 Å². The van der Waals surface area contributed by atoms with Crippen LogP contribution in [0.2, 0.25) is 0 Å². The summed E-state index contributed by atoms with van der Waals surface area (Å²) < 4.78 is 0. The van der Waals surface area contributed by atoms with Gasteiger partial charge in [-0.1, -0.05) is 0 Å². The summed E-state index contributed by atoms with van der Waals surface area (Å²) in [6, 6.07) is 4.14. The number of hydrogen-bond donors (Lipinski definition) is 2. The number of thiazole rings is 1. The molecule has 2 aromatic heterocycles. The fourth-order valence-electron chi connectivity index (χ4n) is 2.84. The van der Waals surface area contributed by atoms with E-state index in [0.29, 0.717) is 12.4 Å². The second-order valence-electron chi connectivity index (χ2n) is 6.03. The Bertz CT molecular complexity index is 889. The molecule has 128 valence electrons. The predicted octanol–water partition coefficient (Wildman–Crippen LogP) is 2.51. The van der Waals surface area contributed by atoms with Crippen LogP contribution in [0.5, 0.6) is 0 Å². The van der Waals surface area contributed by atoms with Crippen LogP contribution in [-0.4, -0.2) is 21.4 Å².